The van der Waals surface area contributed by atoms with Gasteiger partial charge in [0.05, 0.1) is 40.2 Å². The number of carbonyl (C=O) groups excluding carboxylic acids is 1. The van der Waals surface area contributed by atoms with E-state index in [-0.39, 0.29) is 18.6 Å². The van der Waals surface area contributed by atoms with Crippen LogP contribution in [0.1, 0.15) is 24.9 Å². The number of nitrogens with zero attached hydrogens (tertiary/aromatic N) is 1. The molecule has 8 nitrogen and oxygen atoms in total. The summed E-state index contributed by atoms with van der Waals surface area (Å²) in [6, 6.07) is 7.41. The lowest BCUT2D eigenvalue weighted by Gasteiger charge is -2.39. The third-order valence-corrected chi connectivity index (χ3v) is 6.58. The molecule has 2 aliphatic heterocycles. The summed E-state index contributed by atoms with van der Waals surface area (Å²) in [7, 11) is 8.47. The summed E-state index contributed by atoms with van der Waals surface area (Å²) in [6.45, 7) is 1.72. The van der Waals surface area contributed by atoms with E-state index in [2.05, 4.69) is 4.90 Å². The molecule has 0 fully saturated rings. The molecule has 2 aliphatic rings. The molecule has 2 heterocycles. The number of ketones is 1. The van der Waals surface area contributed by atoms with Gasteiger partial charge in [-0.3, -0.25) is 4.79 Å². The zero-order valence-electron chi connectivity index (χ0n) is 20.1. The number of anilines is 1. The zero-order chi connectivity index (χ0) is 24.1. The van der Waals surface area contributed by atoms with Crippen LogP contribution in [-0.2, 0) is 4.79 Å². The van der Waals surface area contributed by atoms with E-state index in [9.17, 15) is 4.79 Å². The Labute approximate surface area is 197 Å². The normalized spacial score (nSPS) is 15.6. The minimum absolute atomic E-state index is 0.0683. The number of carbonyl (C=O) groups is 1. The lowest BCUT2D eigenvalue weighted by atomic mass is 9.83. The maximum absolute atomic E-state index is 12.4. The molecule has 0 aliphatic carbocycles. The van der Waals surface area contributed by atoms with Crippen molar-refractivity contribution >= 4 is 22.2 Å². The van der Waals surface area contributed by atoms with Gasteiger partial charge in [-0.25, -0.2) is 0 Å². The maximum atomic E-state index is 12.4. The highest BCUT2D eigenvalue weighted by Crippen LogP contribution is 2.59. The Kier molecular flexibility index (Phi) is 5.31. The predicted molar refractivity (Wildman–Crippen MR) is 128 cm³/mol. The van der Waals surface area contributed by atoms with Gasteiger partial charge in [0.25, 0.3) is 0 Å². The zero-order valence-corrected chi connectivity index (χ0v) is 20.1. The second-order valence-corrected chi connectivity index (χ2v) is 8.36. The summed E-state index contributed by atoms with van der Waals surface area (Å²) in [5.74, 6) is 3.85. The highest BCUT2D eigenvalue weighted by Gasteiger charge is 2.39. The summed E-state index contributed by atoms with van der Waals surface area (Å²) in [5, 5.41) is 1.78. The van der Waals surface area contributed by atoms with Gasteiger partial charge in [-0.2, -0.15) is 0 Å². The number of rotatable bonds is 6. The fourth-order valence-electron chi connectivity index (χ4n) is 5.10. The summed E-state index contributed by atoms with van der Waals surface area (Å²) >= 11 is 0. The molecule has 5 rings (SSSR count). The molecule has 0 radical (unpaired) electrons. The van der Waals surface area contributed by atoms with Crippen LogP contribution in [-0.4, -0.2) is 48.1 Å². The number of methoxy groups -OCH3 is 4. The quantitative estimate of drug-likeness (QED) is 0.517. The first-order chi connectivity index (χ1) is 16.4. The highest BCUT2D eigenvalue weighted by molar-refractivity contribution is 6.09. The van der Waals surface area contributed by atoms with Crippen LogP contribution in [0, 0.1) is 0 Å². The van der Waals surface area contributed by atoms with Crippen molar-refractivity contribution in [3.63, 3.8) is 0 Å². The van der Waals surface area contributed by atoms with E-state index in [1.54, 1.807) is 35.4 Å². The van der Waals surface area contributed by atoms with E-state index in [0.29, 0.717) is 40.9 Å². The van der Waals surface area contributed by atoms with Crippen LogP contribution in [0.25, 0.3) is 21.9 Å². The third-order valence-electron chi connectivity index (χ3n) is 6.58. The number of hydrogen-bond acceptors (Lipinski definition) is 8. The molecule has 0 saturated carbocycles. The van der Waals surface area contributed by atoms with Crippen molar-refractivity contribution in [1.29, 1.82) is 0 Å². The molecule has 0 aromatic heterocycles. The monoisotopic (exact) mass is 465 g/mol. The van der Waals surface area contributed by atoms with E-state index < -0.39 is 0 Å². The predicted octanol–water partition coefficient (Wildman–Crippen LogP) is 4.74. The van der Waals surface area contributed by atoms with Crippen LogP contribution >= 0.6 is 0 Å². The van der Waals surface area contributed by atoms with Gasteiger partial charge in [0.1, 0.15) is 17.3 Å². The fraction of sp³-hybridized carbons (Fsp3) is 0.346. The van der Waals surface area contributed by atoms with Crippen LogP contribution in [0.5, 0.6) is 34.5 Å². The van der Waals surface area contributed by atoms with Crippen molar-refractivity contribution in [2.75, 3.05) is 47.2 Å². The molecule has 0 unspecified atom stereocenters. The van der Waals surface area contributed by atoms with E-state index in [4.69, 9.17) is 28.4 Å². The average molecular weight is 466 g/mol. The van der Waals surface area contributed by atoms with Crippen LogP contribution < -0.4 is 33.3 Å². The smallest absolute Gasteiger partial charge is 0.231 e. The topological polar surface area (TPSA) is 75.7 Å². The van der Waals surface area contributed by atoms with Crippen molar-refractivity contribution in [3.05, 3.63) is 29.8 Å². The number of ether oxygens (including phenoxy) is 6. The van der Waals surface area contributed by atoms with Crippen molar-refractivity contribution in [1.82, 2.24) is 0 Å². The Morgan fingerprint density at radius 2 is 1.56 bits per heavy atom. The standard InChI is InChI=1S/C26H27NO7/c1-13(28)7-17-24-23(21(32-6)11-22-26(24)34-12-33-22)16-10-18(29-3)14-8-19(30-4)20(31-5)9-15(14)25(16)27(17)2/h8-11,17H,7,12H2,1-6H3/t17-/m0/s1. The summed E-state index contributed by atoms with van der Waals surface area (Å²) in [6.07, 6.45) is 0.298. The van der Waals surface area contributed by atoms with E-state index >= 15 is 0 Å². The first-order valence-corrected chi connectivity index (χ1v) is 10.9. The molecule has 3 aromatic carbocycles. The number of benzene rings is 3. The van der Waals surface area contributed by atoms with Gasteiger partial charge in [0, 0.05) is 47.0 Å². The first-order valence-electron chi connectivity index (χ1n) is 10.9. The lowest BCUT2D eigenvalue weighted by molar-refractivity contribution is -0.117. The fourth-order valence-corrected chi connectivity index (χ4v) is 5.10. The Morgan fingerprint density at radius 3 is 2.18 bits per heavy atom. The second kappa shape index (κ2) is 8.20. The molecule has 1 atom stereocenters. The van der Waals surface area contributed by atoms with Crippen LogP contribution in [0.15, 0.2) is 24.3 Å². The molecular weight excluding hydrogens is 438 g/mol. The molecule has 178 valence electrons. The van der Waals surface area contributed by atoms with Crippen molar-refractivity contribution in [2.45, 2.75) is 19.4 Å². The molecule has 34 heavy (non-hydrogen) atoms. The highest BCUT2D eigenvalue weighted by atomic mass is 16.7. The molecule has 0 N–H and O–H groups in total. The van der Waals surface area contributed by atoms with Gasteiger partial charge >= 0.3 is 0 Å². The molecule has 0 bridgehead atoms. The Hall–Kier alpha value is -3.81. The van der Waals surface area contributed by atoms with Crippen LogP contribution in [0.3, 0.4) is 0 Å². The van der Waals surface area contributed by atoms with Gasteiger partial charge in [-0.05, 0) is 25.1 Å². The van der Waals surface area contributed by atoms with E-state index in [0.717, 1.165) is 33.2 Å². The SMILES string of the molecule is COc1cc2c(OC)cc3c(c2cc1OC)N(C)[C@@H](CC(C)=O)c1c2c(cc(OC)c1-3)OCO2. The molecule has 3 aromatic rings. The molecule has 8 heteroatoms. The summed E-state index contributed by atoms with van der Waals surface area (Å²) < 4.78 is 34.4. The number of fused-ring (bicyclic) bond motifs is 7. The van der Waals surface area contributed by atoms with Gasteiger partial charge in [0.15, 0.2) is 23.0 Å². The summed E-state index contributed by atoms with van der Waals surface area (Å²) in [4.78, 5) is 14.5. The Morgan fingerprint density at radius 1 is 0.912 bits per heavy atom. The lowest BCUT2D eigenvalue weighted by Crippen LogP contribution is -2.30. The first kappa shape index (κ1) is 22.0. The molecule has 0 spiro atoms. The van der Waals surface area contributed by atoms with Crippen molar-refractivity contribution in [3.8, 4) is 45.6 Å². The largest absolute Gasteiger partial charge is 0.496 e. The van der Waals surface area contributed by atoms with Crippen molar-refractivity contribution in [2.24, 2.45) is 0 Å². The minimum Gasteiger partial charge on any atom is -0.496 e. The van der Waals surface area contributed by atoms with Crippen LogP contribution in [0.4, 0.5) is 5.69 Å². The molecule has 0 saturated heterocycles. The molecule has 0 amide bonds. The van der Waals surface area contributed by atoms with Crippen LogP contribution in [0.2, 0.25) is 0 Å². The minimum atomic E-state index is -0.282. The van der Waals surface area contributed by atoms with Crippen molar-refractivity contribution < 1.29 is 33.2 Å². The number of hydrogen-bond donors (Lipinski definition) is 0. The van der Waals surface area contributed by atoms with E-state index in [1.165, 1.54) is 0 Å². The number of Topliss-reactive ketones (excluding diaryl/α,β-unsaturated/α-hetero) is 1. The summed E-state index contributed by atoms with van der Waals surface area (Å²) in [5.41, 5.74) is 3.58. The van der Waals surface area contributed by atoms with Gasteiger partial charge in [0.2, 0.25) is 6.79 Å². The third kappa shape index (κ3) is 3.09. The molecular formula is C26H27NO7. The van der Waals surface area contributed by atoms with Gasteiger partial charge in [-0.1, -0.05) is 0 Å². The average Bonchev–Trinajstić information content (AvgIpc) is 3.31. The van der Waals surface area contributed by atoms with E-state index in [1.807, 2.05) is 31.3 Å². The van der Waals surface area contributed by atoms with Gasteiger partial charge in [-0.15, -0.1) is 0 Å². The Balaban J connectivity index is 1.93. The second-order valence-electron chi connectivity index (χ2n) is 8.36. The maximum Gasteiger partial charge on any atom is 0.231 e. The Bertz CT molecular complexity index is 1320. The van der Waals surface area contributed by atoms with Gasteiger partial charge < -0.3 is 33.3 Å².